The van der Waals surface area contributed by atoms with Gasteiger partial charge in [-0.3, -0.25) is 4.79 Å². The lowest BCUT2D eigenvalue weighted by molar-refractivity contribution is 0.103. The second-order valence-electron chi connectivity index (χ2n) is 3.97. The zero-order chi connectivity index (χ0) is 12.4. The molecular weight excluding hydrogens is 242 g/mol. The van der Waals surface area contributed by atoms with E-state index in [0.29, 0.717) is 0 Å². The molecule has 1 N–H and O–H groups in total. The maximum absolute atomic E-state index is 12.1. The van der Waals surface area contributed by atoms with Crippen LogP contribution in [0.3, 0.4) is 0 Å². The van der Waals surface area contributed by atoms with E-state index in [0.717, 1.165) is 20.7 Å². The molecule has 1 heterocycles. The van der Waals surface area contributed by atoms with Crippen LogP contribution in [0.4, 0.5) is 5.69 Å². The summed E-state index contributed by atoms with van der Waals surface area (Å²) in [7, 11) is 0. The highest BCUT2D eigenvalue weighted by molar-refractivity contribution is 7.20. The van der Waals surface area contributed by atoms with Crippen LogP contribution in [0.2, 0.25) is 0 Å². The van der Waals surface area contributed by atoms with E-state index in [2.05, 4.69) is 5.32 Å². The minimum Gasteiger partial charge on any atom is -0.321 e. The topological polar surface area (TPSA) is 29.1 Å². The molecule has 0 unspecified atom stereocenters. The number of benzene rings is 2. The summed E-state index contributed by atoms with van der Waals surface area (Å²) < 4.78 is 1.13. The zero-order valence-corrected chi connectivity index (χ0v) is 10.4. The van der Waals surface area contributed by atoms with Crippen LogP contribution in [0.1, 0.15) is 9.67 Å². The molecule has 0 saturated heterocycles. The normalized spacial score (nSPS) is 10.4. The van der Waals surface area contributed by atoms with E-state index >= 15 is 0 Å². The van der Waals surface area contributed by atoms with Crippen LogP contribution in [0.25, 0.3) is 10.1 Å². The van der Waals surface area contributed by atoms with Gasteiger partial charge in [-0.25, -0.2) is 0 Å². The zero-order valence-electron chi connectivity index (χ0n) is 9.59. The van der Waals surface area contributed by atoms with Gasteiger partial charge in [0.2, 0.25) is 0 Å². The molecular formula is C15H11NOS. The maximum atomic E-state index is 12.1. The highest BCUT2D eigenvalue weighted by Gasteiger charge is 2.09. The Kier molecular flexibility index (Phi) is 2.82. The molecule has 3 rings (SSSR count). The molecule has 0 aliphatic carbocycles. The summed E-state index contributed by atoms with van der Waals surface area (Å²) in [5, 5.41) is 4.00. The van der Waals surface area contributed by atoms with E-state index in [9.17, 15) is 4.79 Å². The third-order valence-electron chi connectivity index (χ3n) is 2.68. The summed E-state index contributed by atoms with van der Waals surface area (Å²) in [6, 6.07) is 19.4. The average Bonchev–Trinajstić information content (AvgIpc) is 2.84. The van der Waals surface area contributed by atoms with Gasteiger partial charge in [-0.05, 0) is 29.7 Å². The maximum Gasteiger partial charge on any atom is 0.265 e. The van der Waals surface area contributed by atoms with Crippen LogP contribution in [-0.4, -0.2) is 5.91 Å². The lowest BCUT2D eigenvalue weighted by Crippen LogP contribution is -2.09. The molecule has 0 saturated carbocycles. The minimum absolute atomic E-state index is 0.0533. The number of fused-ring (bicyclic) bond motifs is 1. The van der Waals surface area contributed by atoms with Crippen LogP contribution in [0.5, 0.6) is 0 Å². The van der Waals surface area contributed by atoms with Crippen molar-refractivity contribution in [2.24, 2.45) is 0 Å². The van der Waals surface area contributed by atoms with Crippen LogP contribution in [0, 0.1) is 0 Å². The van der Waals surface area contributed by atoms with E-state index in [1.807, 2.05) is 60.7 Å². The van der Waals surface area contributed by atoms with Crippen LogP contribution in [0.15, 0.2) is 60.7 Å². The number of carbonyl (C=O) groups is 1. The van der Waals surface area contributed by atoms with E-state index < -0.39 is 0 Å². The minimum atomic E-state index is -0.0533. The molecule has 0 spiro atoms. The number of para-hydroxylation sites is 1. The van der Waals surface area contributed by atoms with E-state index in [1.165, 1.54) is 11.3 Å². The third kappa shape index (κ3) is 2.13. The summed E-state index contributed by atoms with van der Waals surface area (Å²) >= 11 is 1.51. The van der Waals surface area contributed by atoms with Gasteiger partial charge in [0.1, 0.15) is 0 Å². The van der Waals surface area contributed by atoms with Crippen molar-refractivity contribution in [1.82, 2.24) is 0 Å². The molecule has 0 fully saturated rings. The molecule has 88 valence electrons. The summed E-state index contributed by atoms with van der Waals surface area (Å²) in [6.07, 6.45) is 0. The van der Waals surface area contributed by atoms with Crippen molar-refractivity contribution in [3.05, 3.63) is 65.5 Å². The molecule has 3 aromatic rings. The van der Waals surface area contributed by atoms with Gasteiger partial charge in [0.05, 0.1) is 4.88 Å². The van der Waals surface area contributed by atoms with Crippen molar-refractivity contribution >= 4 is 33.0 Å². The number of hydrogen-bond acceptors (Lipinski definition) is 2. The van der Waals surface area contributed by atoms with Crippen LogP contribution < -0.4 is 5.32 Å². The van der Waals surface area contributed by atoms with Gasteiger partial charge in [-0.2, -0.15) is 0 Å². The molecule has 3 heteroatoms. The number of thiophene rings is 1. The molecule has 0 bridgehead atoms. The Balaban J connectivity index is 1.88. The Morgan fingerprint density at radius 3 is 2.44 bits per heavy atom. The van der Waals surface area contributed by atoms with Crippen molar-refractivity contribution in [1.29, 1.82) is 0 Å². The quantitative estimate of drug-likeness (QED) is 0.730. The molecule has 0 aliphatic rings. The smallest absolute Gasteiger partial charge is 0.265 e. The predicted molar refractivity (Wildman–Crippen MR) is 76.2 cm³/mol. The highest BCUT2D eigenvalue weighted by Crippen LogP contribution is 2.25. The lowest BCUT2D eigenvalue weighted by atomic mass is 10.2. The molecule has 0 radical (unpaired) electrons. The summed E-state index contributed by atoms with van der Waals surface area (Å²) in [4.78, 5) is 12.8. The average molecular weight is 253 g/mol. The van der Waals surface area contributed by atoms with Gasteiger partial charge in [-0.1, -0.05) is 36.4 Å². The first-order valence-electron chi connectivity index (χ1n) is 5.68. The van der Waals surface area contributed by atoms with Crippen LogP contribution in [-0.2, 0) is 0 Å². The van der Waals surface area contributed by atoms with E-state index in [-0.39, 0.29) is 5.91 Å². The third-order valence-corrected chi connectivity index (χ3v) is 3.80. The second-order valence-corrected chi connectivity index (χ2v) is 5.05. The Labute approximate surface area is 109 Å². The molecule has 1 aromatic heterocycles. The van der Waals surface area contributed by atoms with Gasteiger partial charge < -0.3 is 5.32 Å². The first kappa shape index (κ1) is 11.0. The number of carbonyl (C=O) groups excluding carboxylic acids is 1. The molecule has 2 aromatic carbocycles. The van der Waals surface area contributed by atoms with Crippen molar-refractivity contribution in [2.45, 2.75) is 0 Å². The molecule has 0 aliphatic heterocycles. The Morgan fingerprint density at radius 2 is 1.67 bits per heavy atom. The number of anilines is 1. The molecule has 1 amide bonds. The molecule has 0 atom stereocenters. The van der Waals surface area contributed by atoms with Crippen LogP contribution >= 0.6 is 11.3 Å². The first-order chi connectivity index (χ1) is 8.83. The van der Waals surface area contributed by atoms with Gasteiger partial charge in [-0.15, -0.1) is 11.3 Å². The van der Waals surface area contributed by atoms with E-state index in [4.69, 9.17) is 0 Å². The van der Waals surface area contributed by atoms with Crippen molar-refractivity contribution in [2.75, 3.05) is 5.32 Å². The Hall–Kier alpha value is -2.13. The summed E-state index contributed by atoms with van der Waals surface area (Å²) in [5.74, 6) is -0.0533. The second kappa shape index (κ2) is 4.63. The lowest BCUT2D eigenvalue weighted by Gasteiger charge is -2.01. The highest BCUT2D eigenvalue weighted by atomic mass is 32.1. The summed E-state index contributed by atoms with van der Waals surface area (Å²) in [6.45, 7) is 0. The Bertz CT molecular complexity index is 655. The first-order valence-corrected chi connectivity index (χ1v) is 6.49. The number of nitrogens with one attached hydrogen (secondary N) is 1. The van der Waals surface area contributed by atoms with Gasteiger partial charge in [0.25, 0.3) is 5.91 Å². The predicted octanol–water partition coefficient (Wildman–Crippen LogP) is 4.15. The molecule has 18 heavy (non-hydrogen) atoms. The fourth-order valence-corrected chi connectivity index (χ4v) is 2.77. The Morgan fingerprint density at radius 1 is 0.944 bits per heavy atom. The fourth-order valence-electron chi connectivity index (χ4n) is 1.81. The summed E-state index contributed by atoms with van der Waals surface area (Å²) in [5.41, 5.74) is 0.819. The number of amides is 1. The van der Waals surface area contributed by atoms with Gasteiger partial charge in [0, 0.05) is 10.4 Å². The van der Waals surface area contributed by atoms with Crippen molar-refractivity contribution in [3.8, 4) is 0 Å². The standard InChI is InChI=1S/C15H11NOS/c17-15(16-12-7-2-1-3-8-12)14-10-11-6-4-5-9-13(11)18-14/h1-10H,(H,16,17). The monoisotopic (exact) mass is 253 g/mol. The van der Waals surface area contributed by atoms with Crippen molar-refractivity contribution < 1.29 is 4.79 Å². The van der Waals surface area contributed by atoms with Gasteiger partial charge in [0.15, 0.2) is 0 Å². The number of hydrogen-bond donors (Lipinski definition) is 1. The molecule has 2 nitrogen and oxygen atoms in total. The van der Waals surface area contributed by atoms with Gasteiger partial charge >= 0.3 is 0 Å². The fraction of sp³-hybridized carbons (Fsp3) is 0. The van der Waals surface area contributed by atoms with Crippen molar-refractivity contribution in [3.63, 3.8) is 0 Å². The SMILES string of the molecule is O=C(Nc1ccccc1)c1cc2ccccc2s1. The number of rotatable bonds is 2. The van der Waals surface area contributed by atoms with E-state index in [1.54, 1.807) is 0 Å². The largest absolute Gasteiger partial charge is 0.321 e.